The summed E-state index contributed by atoms with van der Waals surface area (Å²) in [5.41, 5.74) is 0.955. The number of amides is 4. The molecule has 2 aromatic rings. The van der Waals surface area contributed by atoms with Crippen molar-refractivity contribution in [2.75, 3.05) is 13.1 Å². The summed E-state index contributed by atoms with van der Waals surface area (Å²) < 4.78 is 0. The molecule has 8 heteroatoms. The van der Waals surface area contributed by atoms with E-state index in [1.54, 1.807) is 48.5 Å². The van der Waals surface area contributed by atoms with Crippen molar-refractivity contribution in [2.24, 2.45) is 11.8 Å². The number of hydrogen-bond donors (Lipinski definition) is 4. The van der Waals surface area contributed by atoms with Crippen molar-refractivity contribution < 1.29 is 19.2 Å². The van der Waals surface area contributed by atoms with Gasteiger partial charge in [0, 0.05) is 24.2 Å². The van der Waals surface area contributed by atoms with Gasteiger partial charge in [0.15, 0.2) is 0 Å². The van der Waals surface area contributed by atoms with Crippen LogP contribution in [-0.4, -0.2) is 48.8 Å². The van der Waals surface area contributed by atoms with Gasteiger partial charge < -0.3 is 21.3 Å². The highest BCUT2D eigenvalue weighted by Crippen LogP contribution is 2.06. The molecule has 8 nitrogen and oxygen atoms in total. The average Bonchev–Trinajstić information content (AvgIpc) is 2.83. The molecule has 4 amide bonds. The fourth-order valence-corrected chi connectivity index (χ4v) is 3.29. The molecule has 0 bridgehead atoms. The summed E-state index contributed by atoms with van der Waals surface area (Å²) in [5.74, 6) is -1.55. The Bertz CT molecular complexity index is 882. The van der Waals surface area contributed by atoms with Gasteiger partial charge in [-0.1, -0.05) is 64.1 Å². The van der Waals surface area contributed by atoms with Crippen LogP contribution in [0.3, 0.4) is 0 Å². The molecule has 0 aliphatic rings. The Balaban J connectivity index is 1.84. The Kier molecular flexibility index (Phi) is 10.3. The molecule has 2 aromatic carbocycles. The lowest BCUT2D eigenvalue weighted by Gasteiger charge is -2.23. The van der Waals surface area contributed by atoms with E-state index in [2.05, 4.69) is 21.3 Å². The van der Waals surface area contributed by atoms with Gasteiger partial charge in [0.1, 0.15) is 12.1 Å². The van der Waals surface area contributed by atoms with E-state index in [-0.39, 0.29) is 48.6 Å². The molecule has 2 rings (SSSR count). The van der Waals surface area contributed by atoms with Crippen molar-refractivity contribution in [2.45, 2.75) is 39.8 Å². The predicted molar refractivity (Wildman–Crippen MR) is 131 cm³/mol. The van der Waals surface area contributed by atoms with Crippen LogP contribution in [0, 0.1) is 11.8 Å². The van der Waals surface area contributed by atoms with Gasteiger partial charge in [-0.05, 0) is 36.1 Å². The fourth-order valence-electron chi connectivity index (χ4n) is 3.29. The highest BCUT2D eigenvalue weighted by atomic mass is 16.2. The summed E-state index contributed by atoms with van der Waals surface area (Å²) in [5, 5.41) is 11.0. The summed E-state index contributed by atoms with van der Waals surface area (Å²) in [6.07, 6.45) is 0. The molecule has 0 spiro atoms. The number of nitrogens with one attached hydrogen (secondary N) is 4. The van der Waals surface area contributed by atoms with Crippen LogP contribution in [0.25, 0.3) is 0 Å². The number of rotatable bonds is 11. The van der Waals surface area contributed by atoms with Crippen molar-refractivity contribution in [3.05, 3.63) is 71.8 Å². The molecule has 34 heavy (non-hydrogen) atoms. The first-order valence-corrected chi connectivity index (χ1v) is 11.5. The molecular weight excluding hydrogens is 432 g/mol. The van der Waals surface area contributed by atoms with E-state index < -0.39 is 12.1 Å². The Morgan fingerprint density at radius 1 is 0.588 bits per heavy atom. The molecule has 0 saturated carbocycles. The van der Waals surface area contributed by atoms with E-state index in [1.807, 2.05) is 39.8 Å². The molecule has 0 fully saturated rings. The molecule has 0 aromatic heterocycles. The number of hydrogen-bond acceptors (Lipinski definition) is 4. The molecule has 182 valence electrons. The lowest BCUT2D eigenvalue weighted by atomic mass is 10.0. The molecule has 0 aliphatic carbocycles. The minimum absolute atomic E-state index is 0.124. The lowest BCUT2D eigenvalue weighted by Crippen LogP contribution is -2.52. The van der Waals surface area contributed by atoms with Gasteiger partial charge in [-0.25, -0.2) is 0 Å². The first-order chi connectivity index (χ1) is 16.2. The predicted octanol–water partition coefficient (Wildman–Crippen LogP) is 2.13. The standard InChI is InChI=1S/C26H34N4O4/c1-17(2)21(29-23(31)19-11-7-5-8-12-19)25(33)27-15-16-28-26(34)22(18(3)4)30-24(32)20-13-9-6-10-14-20/h5-14,17-18,21-22H,15-16H2,1-4H3,(H,27,33)(H,28,34)(H,29,31)(H,30,32)/t21-,22-/m0/s1. The van der Waals surface area contributed by atoms with Gasteiger partial charge >= 0.3 is 0 Å². The van der Waals surface area contributed by atoms with E-state index in [4.69, 9.17) is 0 Å². The maximum atomic E-state index is 12.6. The first kappa shape index (κ1) is 26.6. The quantitative estimate of drug-likeness (QED) is 0.380. The first-order valence-electron chi connectivity index (χ1n) is 11.5. The molecule has 0 aliphatic heterocycles. The van der Waals surface area contributed by atoms with E-state index in [0.29, 0.717) is 11.1 Å². The molecule has 0 saturated heterocycles. The van der Waals surface area contributed by atoms with Gasteiger partial charge in [0.25, 0.3) is 11.8 Å². The zero-order chi connectivity index (χ0) is 25.1. The minimum Gasteiger partial charge on any atom is -0.353 e. The van der Waals surface area contributed by atoms with Crippen LogP contribution in [0.2, 0.25) is 0 Å². The monoisotopic (exact) mass is 466 g/mol. The van der Waals surface area contributed by atoms with E-state index in [0.717, 1.165) is 0 Å². The maximum absolute atomic E-state index is 12.6. The third-order valence-corrected chi connectivity index (χ3v) is 5.27. The number of carbonyl (C=O) groups is 4. The largest absolute Gasteiger partial charge is 0.353 e. The molecule has 0 heterocycles. The third kappa shape index (κ3) is 8.03. The van der Waals surface area contributed by atoms with Crippen LogP contribution < -0.4 is 21.3 Å². The molecule has 2 atom stereocenters. The summed E-state index contributed by atoms with van der Waals surface area (Å²) >= 11 is 0. The number of carbonyl (C=O) groups excluding carboxylic acids is 4. The van der Waals surface area contributed by atoms with Crippen molar-refractivity contribution in [3.8, 4) is 0 Å². The summed E-state index contributed by atoms with van der Waals surface area (Å²) in [6.45, 7) is 7.76. The second-order valence-corrected chi connectivity index (χ2v) is 8.70. The van der Waals surface area contributed by atoms with Gasteiger partial charge in [-0.3, -0.25) is 19.2 Å². The Labute approximate surface area is 200 Å². The van der Waals surface area contributed by atoms with Crippen LogP contribution in [0.15, 0.2) is 60.7 Å². The van der Waals surface area contributed by atoms with Crippen LogP contribution in [0.4, 0.5) is 0 Å². The Morgan fingerprint density at radius 2 is 0.912 bits per heavy atom. The fraction of sp³-hybridized carbons (Fsp3) is 0.385. The highest BCUT2D eigenvalue weighted by Gasteiger charge is 2.26. The number of benzene rings is 2. The van der Waals surface area contributed by atoms with Crippen LogP contribution >= 0.6 is 0 Å². The van der Waals surface area contributed by atoms with E-state index >= 15 is 0 Å². The van der Waals surface area contributed by atoms with Gasteiger partial charge in [0.05, 0.1) is 0 Å². The van der Waals surface area contributed by atoms with Crippen molar-refractivity contribution >= 4 is 23.6 Å². The van der Waals surface area contributed by atoms with Gasteiger partial charge in [0.2, 0.25) is 11.8 Å². The minimum atomic E-state index is -0.711. The molecule has 0 unspecified atom stereocenters. The second kappa shape index (κ2) is 13.1. The van der Waals surface area contributed by atoms with Crippen LogP contribution in [0.1, 0.15) is 48.4 Å². The average molecular weight is 467 g/mol. The molecule has 0 radical (unpaired) electrons. The smallest absolute Gasteiger partial charge is 0.251 e. The summed E-state index contributed by atoms with van der Waals surface area (Å²) in [4.78, 5) is 50.2. The van der Waals surface area contributed by atoms with Crippen molar-refractivity contribution in [1.82, 2.24) is 21.3 Å². The highest BCUT2D eigenvalue weighted by molar-refractivity contribution is 5.98. The normalized spacial score (nSPS) is 12.5. The van der Waals surface area contributed by atoms with Gasteiger partial charge in [-0.2, -0.15) is 0 Å². The van der Waals surface area contributed by atoms with Crippen LogP contribution in [0.5, 0.6) is 0 Å². The Morgan fingerprint density at radius 3 is 1.21 bits per heavy atom. The van der Waals surface area contributed by atoms with Crippen molar-refractivity contribution in [1.29, 1.82) is 0 Å². The maximum Gasteiger partial charge on any atom is 0.251 e. The summed E-state index contributed by atoms with van der Waals surface area (Å²) in [7, 11) is 0. The lowest BCUT2D eigenvalue weighted by molar-refractivity contribution is -0.125. The Hall–Kier alpha value is -3.68. The van der Waals surface area contributed by atoms with Crippen molar-refractivity contribution in [3.63, 3.8) is 0 Å². The SMILES string of the molecule is CC(C)[C@H](NC(=O)c1ccccc1)C(=O)NCCNC(=O)[C@@H](NC(=O)c1ccccc1)C(C)C. The molecule has 4 N–H and O–H groups in total. The zero-order valence-corrected chi connectivity index (χ0v) is 20.1. The zero-order valence-electron chi connectivity index (χ0n) is 20.1. The summed E-state index contributed by atoms with van der Waals surface area (Å²) in [6, 6.07) is 16.0. The van der Waals surface area contributed by atoms with E-state index in [9.17, 15) is 19.2 Å². The van der Waals surface area contributed by atoms with E-state index in [1.165, 1.54) is 0 Å². The third-order valence-electron chi connectivity index (χ3n) is 5.27. The topological polar surface area (TPSA) is 116 Å². The second-order valence-electron chi connectivity index (χ2n) is 8.70. The molecular formula is C26H34N4O4. The van der Waals surface area contributed by atoms with Gasteiger partial charge in [-0.15, -0.1) is 0 Å². The van der Waals surface area contributed by atoms with Crippen LogP contribution in [-0.2, 0) is 9.59 Å².